The van der Waals surface area contributed by atoms with E-state index in [1.165, 1.54) is 18.4 Å². The number of fused-ring (bicyclic) bond motifs is 1. The molecular formula is C16H20ClN. The molecule has 0 aliphatic heterocycles. The smallest absolute Gasteiger partial charge is 0.0438 e. The molecule has 0 heterocycles. The summed E-state index contributed by atoms with van der Waals surface area (Å²) in [5.74, 6) is 1.72. The Morgan fingerprint density at radius 3 is 3.00 bits per heavy atom. The van der Waals surface area contributed by atoms with E-state index in [0.29, 0.717) is 12.1 Å². The summed E-state index contributed by atoms with van der Waals surface area (Å²) in [6.07, 6.45) is 8.38. The summed E-state index contributed by atoms with van der Waals surface area (Å²) in [6.45, 7) is 2.26. The van der Waals surface area contributed by atoms with Crippen LogP contribution in [0.15, 0.2) is 36.4 Å². The Bertz CT molecular complexity index is 454. The van der Waals surface area contributed by atoms with Gasteiger partial charge in [-0.1, -0.05) is 42.0 Å². The van der Waals surface area contributed by atoms with Crippen molar-refractivity contribution in [2.75, 3.05) is 0 Å². The minimum Gasteiger partial charge on any atom is -0.311 e. The van der Waals surface area contributed by atoms with Crippen LogP contribution in [0.1, 0.15) is 25.3 Å². The fourth-order valence-electron chi connectivity index (χ4n) is 3.33. The standard InChI is InChI=1S/C16H20ClN/c1-11(9-13-5-2-3-8-15(13)17)18-16-10-12-6-4-7-14(12)16/h2-5,7-8,11-12,14,16,18H,6,9-10H2,1H3. The van der Waals surface area contributed by atoms with Gasteiger partial charge in [0.05, 0.1) is 0 Å². The van der Waals surface area contributed by atoms with Crippen LogP contribution in [0.2, 0.25) is 5.02 Å². The first-order chi connectivity index (χ1) is 8.74. The Balaban J connectivity index is 1.55. The molecule has 2 heteroatoms. The van der Waals surface area contributed by atoms with E-state index in [9.17, 15) is 0 Å². The SMILES string of the molecule is CC(Cc1ccccc1Cl)NC1CC2CC=CC21. The average molecular weight is 262 g/mol. The lowest BCUT2D eigenvalue weighted by Crippen LogP contribution is -2.51. The Kier molecular flexibility index (Phi) is 3.45. The lowest BCUT2D eigenvalue weighted by Gasteiger charge is -2.42. The second-order valence-electron chi connectivity index (χ2n) is 5.71. The highest BCUT2D eigenvalue weighted by atomic mass is 35.5. The molecule has 4 unspecified atom stereocenters. The Labute approximate surface area is 114 Å². The number of rotatable bonds is 4. The van der Waals surface area contributed by atoms with E-state index >= 15 is 0 Å². The third kappa shape index (κ3) is 2.34. The molecule has 0 radical (unpaired) electrons. The molecule has 1 nitrogen and oxygen atoms in total. The van der Waals surface area contributed by atoms with E-state index < -0.39 is 0 Å². The predicted octanol–water partition coefficient (Wildman–Crippen LogP) is 3.83. The van der Waals surface area contributed by atoms with Crippen LogP contribution in [0.25, 0.3) is 0 Å². The summed E-state index contributed by atoms with van der Waals surface area (Å²) in [6, 6.07) is 9.33. The number of benzene rings is 1. The minimum absolute atomic E-state index is 0.491. The van der Waals surface area contributed by atoms with Crippen LogP contribution >= 0.6 is 11.6 Å². The first kappa shape index (κ1) is 12.3. The van der Waals surface area contributed by atoms with Crippen molar-refractivity contribution in [1.29, 1.82) is 0 Å². The Morgan fingerprint density at radius 1 is 1.39 bits per heavy atom. The van der Waals surface area contributed by atoms with Gasteiger partial charge in [-0.3, -0.25) is 0 Å². The van der Waals surface area contributed by atoms with Crippen LogP contribution in [-0.4, -0.2) is 12.1 Å². The van der Waals surface area contributed by atoms with Gasteiger partial charge in [0.2, 0.25) is 0 Å². The average Bonchev–Trinajstić information content (AvgIpc) is 2.71. The summed E-state index contributed by atoms with van der Waals surface area (Å²) in [7, 11) is 0. The maximum Gasteiger partial charge on any atom is 0.0438 e. The van der Waals surface area contributed by atoms with Gasteiger partial charge >= 0.3 is 0 Å². The van der Waals surface area contributed by atoms with Gasteiger partial charge in [-0.2, -0.15) is 0 Å². The molecule has 1 saturated carbocycles. The summed E-state index contributed by atoms with van der Waals surface area (Å²) < 4.78 is 0. The summed E-state index contributed by atoms with van der Waals surface area (Å²) >= 11 is 6.20. The quantitative estimate of drug-likeness (QED) is 0.813. The van der Waals surface area contributed by atoms with Crippen LogP contribution in [0, 0.1) is 11.8 Å². The molecular weight excluding hydrogens is 242 g/mol. The second kappa shape index (κ2) is 5.07. The van der Waals surface area contributed by atoms with E-state index in [1.54, 1.807) is 0 Å². The topological polar surface area (TPSA) is 12.0 Å². The fraction of sp³-hybridized carbons (Fsp3) is 0.500. The van der Waals surface area contributed by atoms with E-state index in [4.69, 9.17) is 11.6 Å². The second-order valence-corrected chi connectivity index (χ2v) is 6.11. The van der Waals surface area contributed by atoms with Crippen molar-refractivity contribution in [3.8, 4) is 0 Å². The fourth-order valence-corrected chi connectivity index (χ4v) is 3.54. The molecule has 4 atom stereocenters. The number of hydrogen-bond acceptors (Lipinski definition) is 1. The zero-order chi connectivity index (χ0) is 12.5. The molecule has 2 aliphatic rings. The molecule has 1 aromatic carbocycles. The minimum atomic E-state index is 0.491. The van der Waals surface area contributed by atoms with E-state index in [2.05, 4.69) is 36.5 Å². The van der Waals surface area contributed by atoms with Crippen molar-refractivity contribution in [3.63, 3.8) is 0 Å². The van der Waals surface area contributed by atoms with Gasteiger partial charge < -0.3 is 5.32 Å². The molecule has 3 rings (SSSR count). The van der Waals surface area contributed by atoms with Crippen molar-refractivity contribution in [3.05, 3.63) is 47.0 Å². The zero-order valence-electron chi connectivity index (χ0n) is 10.8. The molecule has 1 fully saturated rings. The molecule has 2 aliphatic carbocycles. The largest absolute Gasteiger partial charge is 0.311 e. The molecule has 0 spiro atoms. The van der Waals surface area contributed by atoms with Gasteiger partial charge in [-0.25, -0.2) is 0 Å². The third-order valence-corrected chi connectivity index (χ3v) is 4.71. The van der Waals surface area contributed by atoms with Crippen molar-refractivity contribution < 1.29 is 0 Å². The van der Waals surface area contributed by atoms with Gasteiger partial charge in [0.1, 0.15) is 0 Å². The Morgan fingerprint density at radius 2 is 2.22 bits per heavy atom. The van der Waals surface area contributed by atoms with Crippen molar-refractivity contribution in [2.24, 2.45) is 11.8 Å². The van der Waals surface area contributed by atoms with E-state index in [0.717, 1.165) is 23.3 Å². The number of nitrogens with one attached hydrogen (secondary N) is 1. The van der Waals surface area contributed by atoms with Crippen molar-refractivity contribution >= 4 is 11.6 Å². The molecule has 0 bridgehead atoms. The van der Waals surface area contributed by atoms with Crippen molar-refractivity contribution in [1.82, 2.24) is 5.32 Å². The summed E-state index contributed by atoms with van der Waals surface area (Å²) in [5, 5.41) is 4.64. The van der Waals surface area contributed by atoms with Gasteiger partial charge in [-0.15, -0.1) is 0 Å². The number of hydrogen-bond donors (Lipinski definition) is 1. The van der Waals surface area contributed by atoms with Gasteiger partial charge in [0, 0.05) is 17.1 Å². The Hall–Kier alpha value is -0.790. The predicted molar refractivity (Wildman–Crippen MR) is 76.9 cm³/mol. The first-order valence-corrected chi connectivity index (χ1v) is 7.28. The van der Waals surface area contributed by atoms with E-state index in [-0.39, 0.29) is 0 Å². The number of halogens is 1. The highest BCUT2D eigenvalue weighted by Crippen LogP contribution is 2.42. The van der Waals surface area contributed by atoms with Gasteiger partial charge in [0.15, 0.2) is 0 Å². The maximum absolute atomic E-state index is 6.20. The summed E-state index contributed by atoms with van der Waals surface area (Å²) in [5.41, 5.74) is 1.25. The van der Waals surface area contributed by atoms with E-state index in [1.807, 2.05) is 12.1 Å². The lowest BCUT2D eigenvalue weighted by molar-refractivity contribution is 0.152. The molecule has 0 amide bonds. The lowest BCUT2D eigenvalue weighted by atomic mass is 9.71. The normalized spacial score (nSPS) is 30.9. The van der Waals surface area contributed by atoms with Gasteiger partial charge in [-0.05, 0) is 49.7 Å². The van der Waals surface area contributed by atoms with Crippen LogP contribution in [0.5, 0.6) is 0 Å². The highest BCUT2D eigenvalue weighted by molar-refractivity contribution is 6.31. The van der Waals surface area contributed by atoms with Crippen LogP contribution in [0.3, 0.4) is 0 Å². The molecule has 1 N–H and O–H groups in total. The molecule has 96 valence electrons. The maximum atomic E-state index is 6.20. The third-order valence-electron chi connectivity index (χ3n) is 4.35. The molecule has 18 heavy (non-hydrogen) atoms. The monoisotopic (exact) mass is 261 g/mol. The van der Waals surface area contributed by atoms with Crippen LogP contribution < -0.4 is 5.32 Å². The van der Waals surface area contributed by atoms with Crippen molar-refractivity contribution in [2.45, 2.75) is 38.3 Å². The first-order valence-electron chi connectivity index (χ1n) is 6.90. The van der Waals surface area contributed by atoms with Crippen LogP contribution in [-0.2, 0) is 6.42 Å². The van der Waals surface area contributed by atoms with Gasteiger partial charge in [0.25, 0.3) is 0 Å². The summed E-state index contributed by atoms with van der Waals surface area (Å²) in [4.78, 5) is 0. The molecule has 0 saturated heterocycles. The van der Waals surface area contributed by atoms with Crippen LogP contribution in [0.4, 0.5) is 0 Å². The molecule has 1 aromatic rings. The zero-order valence-corrected chi connectivity index (χ0v) is 11.5. The molecule has 0 aromatic heterocycles. The highest BCUT2D eigenvalue weighted by Gasteiger charge is 2.41. The number of allylic oxidation sites excluding steroid dienone is 1.